The number of rotatable bonds is 5. The maximum absolute atomic E-state index is 12.8. The molecule has 1 aliphatic heterocycles. The van der Waals surface area contributed by atoms with Crippen LogP contribution in [0.5, 0.6) is 0 Å². The summed E-state index contributed by atoms with van der Waals surface area (Å²) in [4.78, 5) is 42.5. The smallest absolute Gasteiger partial charge is 0.322 e. The molecule has 0 spiro atoms. The summed E-state index contributed by atoms with van der Waals surface area (Å²) in [5.41, 5.74) is 0.932. The zero-order valence-electron chi connectivity index (χ0n) is 12.8. The zero-order valence-corrected chi connectivity index (χ0v) is 13.6. The Morgan fingerprint density at radius 3 is 2.71 bits per heavy atom. The van der Waals surface area contributed by atoms with Crippen LogP contribution in [0.3, 0.4) is 0 Å². The molecular formula is C16H16N4O3S. The molecule has 24 heavy (non-hydrogen) atoms. The van der Waals surface area contributed by atoms with Gasteiger partial charge in [-0.05, 0) is 29.1 Å². The van der Waals surface area contributed by atoms with E-state index in [9.17, 15) is 14.4 Å². The van der Waals surface area contributed by atoms with Crippen LogP contribution in [0.25, 0.3) is 0 Å². The minimum atomic E-state index is -0.840. The summed E-state index contributed by atoms with van der Waals surface area (Å²) in [5.74, 6) is -0.722. The number of amides is 4. The van der Waals surface area contributed by atoms with Crippen molar-refractivity contribution in [2.75, 3.05) is 0 Å². The van der Waals surface area contributed by atoms with Crippen molar-refractivity contribution in [3.63, 3.8) is 0 Å². The Morgan fingerprint density at radius 1 is 1.25 bits per heavy atom. The number of nitrogens with zero attached hydrogens (tertiary/aromatic N) is 2. The second-order valence-electron chi connectivity index (χ2n) is 5.41. The number of hydrogen-bond acceptors (Lipinski definition) is 5. The summed E-state index contributed by atoms with van der Waals surface area (Å²) in [6, 6.07) is 6.06. The van der Waals surface area contributed by atoms with E-state index in [1.165, 1.54) is 0 Å². The van der Waals surface area contributed by atoms with Gasteiger partial charge in [-0.15, -0.1) is 11.3 Å². The molecule has 4 amide bonds. The Labute approximate surface area is 142 Å². The van der Waals surface area contributed by atoms with Crippen molar-refractivity contribution in [3.8, 4) is 0 Å². The van der Waals surface area contributed by atoms with E-state index in [2.05, 4.69) is 15.6 Å². The van der Waals surface area contributed by atoms with Gasteiger partial charge in [0.2, 0.25) is 11.8 Å². The van der Waals surface area contributed by atoms with E-state index in [1.54, 1.807) is 28.6 Å². The van der Waals surface area contributed by atoms with Crippen LogP contribution in [0.2, 0.25) is 0 Å². The van der Waals surface area contributed by atoms with Gasteiger partial charge in [-0.3, -0.25) is 19.9 Å². The van der Waals surface area contributed by atoms with Gasteiger partial charge in [0.25, 0.3) is 0 Å². The summed E-state index contributed by atoms with van der Waals surface area (Å²) in [7, 11) is 0. The molecule has 2 aromatic heterocycles. The van der Waals surface area contributed by atoms with Crippen LogP contribution in [0, 0.1) is 0 Å². The fraction of sp³-hybridized carbons (Fsp3) is 0.250. The lowest BCUT2D eigenvalue weighted by atomic mass is 10.1. The number of nitrogens with one attached hydrogen (secondary N) is 2. The maximum atomic E-state index is 12.8. The van der Waals surface area contributed by atoms with Crippen LogP contribution in [-0.4, -0.2) is 33.8 Å². The lowest BCUT2D eigenvalue weighted by molar-refractivity contribution is -0.137. The third kappa shape index (κ3) is 3.96. The first-order valence-corrected chi connectivity index (χ1v) is 8.30. The highest BCUT2D eigenvalue weighted by Gasteiger charge is 2.32. The van der Waals surface area contributed by atoms with Gasteiger partial charge in [0, 0.05) is 23.8 Å². The Kier molecular flexibility index (Phi) is 4.85. The SMILES string of the molecule is O=C1C[C@@H](C(=O)N(Cc2ccncc2)Cc2cccs2)NC(=O)N1. The first kappa shape index (κ1) is 16.1. The zero-order chi connectivity index (χ0) is 16.9. The Hall–Kier alpha value is -2.74. The molecule has 0 saturated carbocycles. The number of aromatic nitrogens is 1. The van der Waals surface area contributed by atoms with E-state index in [1.807, 2.05) is 29.6 Å². The van der Waals surface area contributed by atoms with Gasteiger partial charge in [0.15, 0.2) is 0 Å². The molecule has 0 radical (unpaired) electrons. The molecule has 1 fully saturated rings. The largest absolute Gasteiger partial charge is 0.331 e. The van der Waals surface area contributed by atoms with E-state index < -0.39 is 18.0 Å². The molecule has 8 heteroatoms. The molecule has 2 aromatic rings. The highest BCUT2D eigenvalue weighted by molar-refractivity contribution is 7.09. The number of hydrogen-bond donors (Lipinski definition) is 2. The van der Waals surface area contributed by atoms with Crippen molar-refractivity contribution in [1.29, 1.82) is 0 Å². The molecule has 0 aromatic carbocycles. The van der Waals surface area contributed by atoms with Crippen molar-refractivity contribution < 1.29 is 14.4 Å². The molecule has 1 atom stereocenters. The Bertz CT molecular complexity index is 717. The van der Waals surface area contributed by atoms with Crippen molar-refractivity contribution in [2.45, 2.75) is 25.6 Å². The molecule has 0 bridgehead atoms. The van der Waals surface area contributed by atoms with Gasteiger partial charge in [-0.2, -0.15) is 0 Å². The first-order valence-electron chi connectivity index (χ1n) is 7.42. The number of thiophene rings is 1. The fourth-order valence-corrected chi connectivity index (χ4v) is 3.21. The highest BCUT2D eigenvalue weighted by atomic mass is 32.1. The predicted molar refractivity (Wildman–Crippen MR) is 87.9 cm³/mol. The lowest BCUT2D eigenvalue weighted by Gasteiger charge is -2.29. The average molecular weight is 344 g/mol. The number of imide groups is 1. The van der Waals surface area contributed by atoms with Crippen LogP contribution in [0.4, 0.5) is 4.79 Å². The topological polar surface area (TPSA) is 91.4 Å². The quantitative estimate of drug-likeness (QED) is 0.854. The van der Waals surface area contributed by atoms with Gasteiger partial charge < -0.3 is 10.2 Å². The van der Waals surface area contributed by atoms with Gasteiger partial charge >= 0.3 is 6.03 Å². The van der Waals surface area contributed by atoms with Crippen molar-refractivity contribution in [3.05, 3.63) is 52.5 Å². The van der Waals surface area contributed by atoms with E-state index in [-0.39, 0.29) is 12.3 Å². The maximum Gasteiger partial charge on any atom is 0.322 e. The molecule has 7 nitrogen and oxygen atoms in total. The first-order chi connectivity index (χ1) is 11.6. The van der Waals surface area contributed by atoms with Crippen LogP contribution < -0.4 is 10.6 Å². The molecule has 0 unspecified atom stereocenters. The molecule has 3 heterocycles. The van der Waals surface area contributed by atoms with E-state index in [0.717, 1.165) is 10.4 Å². The molecule has 124 valence electrons. The lowest BCUT2D eigenvalue weighted by Crippen LogP contribution is -2.58. The minimum absolute atomic E-state index is 0.0537. The standard InChI is InChI=1S/C16H16N4O3S/c21-14-8-13(18-16(23)19-14)15(22)20(10-12-2-1-7-24-12)9-11-3-5-17-6-4-11/h1-7,13H,8-10H2,(H2,18,19,21,23)/t13-/m0/s1. The summed E-state index contributed by atoms with van der Waals surface area (Å²) in [6.45, 7) is 0.806. The van der Waals surface area contributed by atoms with E-state index in [4.69, 9.17) is 0 Å². The molecule has 1 aliphatic rings. The van der Waals surface area contributed by atoms with Gasteiger partial charge in [-0.25, -0.2) is 4.79 Å². The Balaban J connectivity index is 1.78. The monoisotopic (exact) mass is 344 g/mol. The van der Waals surface area contributed by atoms with E-state index >= 15 is 0 Å². The molecule has 3 rings (SSSR count). The van der Waals surface area contributed by atoms with Crippen molar-refractivity contribution in [2.24, 2.45) is 0 Å². The third-order valence-corrected chi connectivity index (χ3v) is 4.47. The number of urea groups is 1. The Morgan fingerprint density at radius 2 is 2.04 bits per heavy atom. The second kappa shape index (κ2) is 7.22. The van der Waals surface area contributed by atoms with Crippen molar-refractivity contribution in [1.82, 2.24) is 20.5 Å². The number of carbonyl (C=O) groups excluding carboxylic acids is 3. The van der Waals surface area contributed by atoms with E-state index in [0.29, 0.717) is 13.1 Å². The average Bonchev–Trinajstić information content (AvgIpc) is 3.07. The predicted octanol–water partition coefficient (Wildman–Crippen LogP) is 1.27. The van der Waals surface area contributed by atoms with Crippen LogP contribution >= 0.6 is 11.3 Å². The van der Waals surface area contributed by atoms with Gasteiger partial charge in [0.1, 0.15) is 6.04 Å². The normalized spacial score (nSPS) is 17.1. The highest BCUT2D eigenvalue weighted by Crippen LogP contribution is 2.16. The minimum Gasteiger partial charge on any atom is -0.331 e. The molecule has 0 aliphatic carbocycles. The van der Waals surface area contributed by atoms with Crippen LogP contribution in [0.15, 0.2) is 42.0 Å². The van der Waals surface area contributed by atoms with Crippen LogP contribution in [-0.2, 0) is 22.7 Å². The summed E-state index contributed by atoms with van der Waals surface area (Å²) >= 11 is 1.55. The van der Waals surface area contributed by atoms with Crippen LogP contribution in [0.1, 0.15) is 16.9 Å². The van der Waals surface area contributed by atoms with Gasteiger partial charge in [-0.1, -0.05) is 6.07 Å². The number of pyridine rings is 1. The second-order valence-corrected chi connectivity index (χ2v) is 6.44. The number of carbonyl (C=O) groups is 3. The summed E-state index contributed by atoms with van der Waals surface area (Å²) in [6.07, 6.45) is 3.28. The van der Waals surface area contributed by atoms with Gasteiger partial charge in [0.05, 0.1) is 13.0 Å². The molecule has 2 N–H and O–H groups in total. The molecular weight excluding hydrogens is 328 g/mol. The van der Waals surface area contributed by atoms with Crippen molar-refractivity contribution >= 4 is 29.2 Å². The third-order valence-electron chi connectivity index (χ3n) is 3.61. The molecule has 1 saturated heterocycles. The summed E-state index contributed by atoms with van der Waals surface area (Å²) < 4.78 is 0. The fourth-order valence-electron chi connectivity index (χ4n) is 2.49. The summed E-state index contributed by atoms with van der Waals surface area (Å²) in [5, 5.41) is 6.60.